The van der Waals surface area contributed by atoms with E-state index in [4.69, 9.17) is 0 Å². The van der Waals surface area contributed by atoms with Crippen LogP contribution >= 0.6 is 0 Å². The Morgan fingerprint density at radius 1 is 1.55 bits per heavy atom. The first-order valence-corrected chi connectivity index (χ1v) is 4.07. The summed E-state index contributed by atoms with van der Waals surface area (Å²) in [4.78, 5) is 10.7. The van der Waals surface area contributed by atoms with E-state index in [1.165, 1.54) is 13.5 Å². The van der Waals surface area contributed by atoms with E-state index in [0.717, 1.165) is 18.8 Å². The Balaban J connectivity index is 2.23. The lowest BCUT2D eigenvalue weighted by molar-refractivity contribution is 0.166. The molecule has 0 heterocycles. The van der Waals surface area contributed by atoms with Crippen molar-refractivity contribution in [1.82, 2.24) is 5.32 Å². The van der Waals surface area contributed by atoms with Crippen molar-refractivity contribution in [2.75, 3.05) is 7.11 Å². The van der Waals surface area contributed by atoms with Gasteiger partial charge in [0, 0.05) is 6.04 Å². The molecule has 1 fully saturated rings. The molecule has 0 aromatic rings. The zero-order chi connectivity index (χ0) is 8.27. The van der Waals surface area contributed by atoms with E-state index in [0.29, 0.717) is 6.04 Å². The number of ether oxygens (including phenoxy) is 1. The Bertz CT molecular complexity index is 147. The average Bonchev–Trinajstić information content (AvgIpc) is 2.35. The topological polar surface area (TPSA) is 38.3 Å². The van der Waals surface area contributed by atoms with Crippen LogP contribution in [-0.4, -0.2) is 19.2 Å². The number of nitrogens with one attached hydrogen (secondary N) is 1. The molecule has 0 bridgehead atoms. The van der Waals surface area contributed by atoms with Gasteiger partial charge in [-0.2, -0.15) is 0 Å². The minimum atomic E-state index is -0.302. The molecular formula is C8H15NO2. The van der Waals surface area contributed by atoms with Crippen molar-refractivity contribution >= 4 is 6.09 Å². The van der Waals surface area contributed by atoms with Crippen molar-refractivity contribution in [3.05, 3.63) is 0 Å². The molecule has 0 aromatic carbocycles. The van der Waals surface area contributed by atoms with Gasteiger partial charge in [-0.3, -0.25) is 0 Å². The summed E-state index contributed by atoms with van der Waals surface area (Å²) < 4.78 is 4.50. The van der Waals surface area contributed by atoms with Crippen molar-refractivity contribution in [2.24, 2.45) is 5.92 Å². The predicted octanol–water partition coefficient (Wildman–Crippen LogP) is 1.53. The van der Waals surface area contributed by atoms with Crippen LogP contribution in [-0.2, 0) is 4.74 Å². The molecule has 1 saturated carbocycles. The fourth-order valence-corrected chi connectivity index (χ4v) is 1.56. The molecule has 1 aliphatic carbocycles. The Hall–Kier alpha value is -0.730. The number of alkyl carbamates (subject to hydrolysis) is 1. The molecule has 3 heteroatoms. The van der Waals surface area contributed by atoms with Gasteiger partial charge >= 0.3 is 6.09 Å². The Morgan fingerprint density at radius 3 is 2.73 bits per heavy atom. The molecule has 11 heavy (non-hydrogen) atoms. The summed E-state index contributed by atoms with van der Waals surface area (Å²) >= 11 is 0. The second kappa shape index (κ2) is 3.60. The third-order valence-corrected chi connectivity index (χ3v) is 2.20. The second-order valence-corrected chi connectivity index (χ2v) is 3.25. The van der Waals surface area contributed by atoms with Gasteiger partial charge in [0.15, 0.2) is 0 Å². The average molecular weight is 157 g/mol. The highest BCUT2D eigenvalue weighted by Crippen LogP contribution is 2.24. The maximum Gasteiger partial charge on any atom is 0.407 e. The molecule has 2 atom stereocenters. The molecule has 0 aliphatic heterocycles. The smallest absolute Gasteiger partial charge is 0.407 e. The van der Waals surface area contributed by atoms with Gasteiger partial charge in [-0.25, -0.2) is 4.79 Å². The number of carbonyl (C=O) groups excluding carboxylic acids is 1. The Labute approximate surface area is 67.1 Å². The minimum absolute atomic E-state index is 0.302. The highest BCUT2D eigenvalue weighted by atomic mass is 16.5. The lowest BCUT2D eigenvalue weighted by atomic mass is 10.1. The number of amides is 1. The summed E-state index contributed by atoms with van der Waals surface area (Å²) in [5, 5.41) is 2.80. The monoisotopic (exact) mass is 157 g/mol. The van der Waals surface area contributed by atoms with Gasteiger partial charge in [0.05, 0.1) is 7.11 Å². The van der Waals surface area contributed by atoms with E-state index < -0.39 is 0 Å². The molecule has 64 valence electrons. The number of methoxy groups -OCH3 is 1. The molecular weight excluding hydrogens is 142 g/mol. The summed E-state index contributed by atoms with van der Waals surface area (Å²) in [7, 11) is 1.40. The molecule has 0 saturated heterocycles. The van der Waals surface area contributed by atoms with E-state index in [1.54, 1.807) is 0 Å². The molecule has 1 N–H and O–H groups in total. The van der Waals surface area contributed by atoms with Crippen molar-refractivity contribution in [1.29, 1.82) is 0 Å². The van der Waals surface area contributed by atoms with E-state index in [2.05, 4.69) is 17.0 Å². The van der Waals surface area contributed by atoms with E-state index >= 15 is 0 Å². The maximum absolute atomic E-state index is 10.7. The Morgan fingerprint density at radius 2 is 2.27 bits per heavy atom. The molecule has 1 amide bonds. The van der Waals surface area contributed by atoms with Crippen LogP contribution in [0.2, 0.25) is 0 Å². The highest BCUT2D eigenvalue weighted by Gasteiger charge is 2.22. The molecule has 0 spiro atoms. The minimum Gasteiger partial charge on any atom is -0.453 e. The molecule has 1 rings (SSSR count). The molecule has 0 radical (unpaired) electrons. The number of hydrogen-bond donors (Lipinski definition) is 1. The van der Waals surface area contributed by atoms with Gasteiger partial charge in [0.25, 0.3) is 0 Å². The zero-order valence-electron chi connectivity index (χ0n) is 7.09. The van der Waals surface area contributed by atoms with Gasteiger partial charge in [-0.15, -0.1) is 0 Å². The van der Waals surface area contributed by atoms with E-state index in [1.807, 2.05) is 0 Å². The maximum atomic E-state index is 10.7. The number of rotatable bonds is 1. The summed E-state index contributed by atoms with van der Waals surface area (Å²) in [6.45, 7) is 2.21. The largest absolute Gasteiger partial charge is 0.453 e. The number of hydrogen-bond acceptors (Lipinski definition) is 2. The quantitative estimate of drug-likeness (QED) is 0.627. The van der Waals surface area contributed by atoms with Crippen LogP contribution in [0.3, 0.4) is 0 Å². The lowest BCUT2D eigenvalue weighted by Crippen LogP contribution is -2.32. The van der Waals surface area contributed by atoms with E-state index in [-0.39, 0.29) is 6.09 Å². The molecule has 0 aromatic heterocycles. The predicted molar refractivity (Wildman–Crippen MR) is 42.3 cm³/mol. The van der Waals surface area contributed by atoms with Gasteiger partial charge < -0.3 is 10.1 Å². The summed E-state index contributed by atoms with van der Waals surface area (Å²) in [5.41, 5.74) is 0. The third-order valence-electron chi connectivity index (χ3n) is 2.20. The fourth-order valence-electron chi connectivity index (χ4n) is 1.56. The SMILES string of the molecule is COC(=O)N[C@H]1CCC(C)C1. The molecule has 1 unspecified atom stereocenters. The van der Waals surface area contributed by atoms with Crippen molar-refractivity contribution in [3.8, 4) is 0 Å². The van der Waals surface area contributed by atoms with E-state index in [9.17, 15) is 4.79 Å². The number of carbonyl (C=O) groups is 1. The Kier molecular flexibility index (Phi) is 2.74. The lowest BCUT2D eigenvalue weighted by Gasteiger charge is -2.10. The highest BCUT2D eigenvalue weighted by molar-refractivity contribution is 5.67. The third kappa shape index (κ3) is 2.41. The van der Waals surface area contributed by atoms with Gasteiger partial charge in [0.2, 0.25) is 0 Å². The van der Waals surface area contributed by atoms with Crippen molar-refractivity contribution < 1.29 is 9.53 Å². The fraction of sp³-hybridized carbons (Fsp3) is 0.875. The van der Waals surface area contributed by atoms with Crippen LogP contribution in [0.25, 0.3) is 0 Å². The zero-order valence-corrected chi connectivity index (χ0v) is 7.09. The van der Waals surface area contributed by atoms with Crippen LogP contribution in [0.4, 0.5) is 4.79 Å². The van der Waals surface area contributed by atoms with Gasteiger partial charge in [-0.1, -0.05) is 6.92 Å². The van der Waals surface area contributed by atoms with Crippen LogP contribution in [0.15, 0.2) is 0 Å². The van der Waals surface area contributed by atoms with Gasteiger partial charge in [-0.05, 0) is 25.2 Å². The first kappa shape index (κ1) is 8.37. The molecule has 3 nitrogen and oxygen atoms in total. The summed E-state index contributed by atoms with van der Waals surface area (Å²) in [5.74, 6) is 0.747. The van der Waals surface area contributed by atoms with Crippen LogP contribution < -0.4 is 5.32 Å². The summed E-state index contributed by atoms with van der Waals surface area (Å²) in [6.07, 6.45) is 3.10. The second-order valence-electron chi connectivity index (χ2n) is 3.25. The van der Waals surface area contributed by atoms with Crippen molar-refractivity contribution in [2.45, 2.75) is 32.2 Å². The summed E-state index contributed by atoms with van der Waals surface area (Å²) in [6, 6.07) is 0.345. The first-order valence-electron chi connectivity index (χ1n) is 4.07. The first-order chi connectivity index (χ1) is 5.22. The van der Waals surface area contributed by atoms with Crippen molar-refractivity contribution in [3.63, 3.8) is 0 Å². The van der Waals surface area contributed by atoms with Crippen LogP contribution in [0, 0.1) is 5.92 Å². The normalized spacial score (nSPS) is 30.0. The standard InChI is InChI=1S/C8H15NO2/c1-6-3-4-7(5-6)9-8(10)11-2/h6-7H,3-5H2,1-2H3,(H,9,10)/t6?,7-/m0/s1. The molecule has 1 aliphatic rings. The van der Waals surface area contributed by atoms with Crippen LogP contribution in [0.1, 0.15) is 26.2 Å². The van der Waals surface area contributed by atoms with Gasteiger partial charge in [0.1, 0.15) is 0 Å². The van der Waals surface area contributed by atoms with Crippen LogP contribution in [0.5, 0.6) is 0 Å².